The number of rotatable bonds is 15. The molecule has 2 aromatic carbocycles. The van der Waals surface area contributed by atoms with Crippen molar-refractivity contribution in [2.45, 2.75) is 84.4 Å². The number of nitrogens with two attached hydrogens (primary N) is 1. The number of phenolic OH excluding ortho intramolecular Hbond substituents is 1. The molecule has 1 saturated carbocycles. The van der Waals surface area contributed by atoms with Crippen molar-refractivity contribution in [2.75, 3.05) is 31.6 Å². The third-order valence-electron chi connectivity index (χ3n) is 7.33. The number of nitrogens with one attached hydrogen (secondary N) is 3. The summed E-state index contributed by atoms with van der Waals surface area (Å²) in [5.74, 6) is 0.609. The lowest BCUT2D eigenvalue weighted by molar-refractivity contribution is 0.110. The predicted molar refractivity (Wildman–Crippen MR) is 159 cm³/mol. The first kappa shape index (κ1) is 30.8. The third-order valence-corrected chi connectivity index (χ3v) is 7.33. The summed E-state index contributed by atoms with van der Waals surface area (Å²) in [6, 6.07) is 11.9. The summed E-state index contributed by atoms with van der Waals surface area (Å²) in [6.45, 7) is 14.3. The molecule has 1 aliphatic rings. The minimum atomic E-state index is -1.05. The van der Waals surface area contributed by atoms with Gasteiger partial charge in [-0.3, -0.25) is 15.6 Å². The van der Waals surface area contributed by atoms with E-state index in [-0.39, 0.29) is 23.5 Å². The fourth-order valence-electron chi connectivity index (χ4n) is 4.73. The molecule has 2 atom stereocenters. The molecule has 3 rings (SSSR count). The van der Waals surface area contributed by atoms with Gasteiger partial charge in [0, 0.05) is 43.5 Å². The number of ether oxygens (including phenoxy) is 1. The topological polar surface area (TPSA) is 130 Å². The van der Waals surface area contributed by atoms with Crippen molar-refractivity contribution < 1.29 is 14.9 Å². The highest BCUT2D eigenvalue weighted by Gasteiger charge is 2.32. The van der Waals surface area contributed by atoms with E-state index in [1.807, 2.05) is 38.1 Å². The third kappa shape index (κ3) is 8.16. The molecule has 216 valence electrons. The van der Waals surface area contributed by atoms with Crippen LogP contribution in [0.4, 0.5) is 5.69 Å². The smallest absolute Gasteiger partial charge is 0.139 e. The van der Waals surface area contributed by atoms with Gasteiger partial charge in [0.2, 0.25) is 0 Å². The monoisotopic (exact) mass is 540 g/mol. The molecular weight excluding hydrogens is 492 g/mol. The number of benzene rings is 2. The van der Waals surface area contributed by atoms with E-state index < -0.39 is 12.4 Å². The molecule has 2 unspecified atom stereocenters. The number of phenols is 1. The summed E-state index contributed by atoms with van der Waals surface area (Å²) in [4.78, 5) is 3.99. The first-order valence-electron chi connectivity index (χ1n) is 14.1. The largest absolute Gasteiger partial charge is 0.507 e. The second kappa shape index (κ2) is 14.1. The summed E-state index contributed by atoms with van der Waals surface area (Å²) in [5, 5.41) is 37.5. The number of aliphatic hydroxyl groups is 1. The highest BCUT2D eigenvalue weighted by Crippen LogP contribution is 2.35. The fourth-order valence-corrected chi connectivity index (χ4v) is 4.73. The average Bonchev–Trinajstić information content (AvgIpc) is 3.72. The van der Waals surface area contributed by atoms with Crippen molar-refractivity contribution >= 4 is 11.5 Å². The van der Waals surface area contributed by atoms with Crippen LogP contribution in [0.25, 0.3) is 0 Å². The van der Waals surface area contributed by atoms with Gasteiger partial charge in [0.05, 0.1) is 12.7 Å². The van der Waals surface area contributed by atoms with Crippen molar-refractivity contribution in [3.8, 4) is 11.5 Å². The first-order chi connectivity index (χ1) is 18.6. The predicted octanol–water partition coefficient (Wildman–Crippen LogP) is 3.53. The van der Waals surface area contributed by atoms with Gasteiger partial charge in [-0.25, -0.2) is 0 Å². The lowest BCUT2D eigenvalue weighted by Gasteiger charge is -2.35. The number of anilines is 1. The van der Waals surface area contributed by atoms with Crippen LogP contribution in [0.1, 0.15) is 70.1 Å². The molecule has 1 aliphatic carbocycles. The molecule has 0 amide bonds. The van der Waals surface area contributed by atoms with Gasteiger partial charge in [0.15, 0.2) is 0 Å². The average molecular weight is 541 g/mol. The van der Waals surface area contributed by atoms with Crippen LogP contribution >= 0.6 is 0 Å². The van der Waals surface area contributed by atoms with E-state index in [9.17, 15) is 10.2 Å². The van der Waals surface area contributed by atoms with Gasteiger partial charge in [-0.15, -0.1) is 0 Å². The van der Waals surface area contributed by atoms with Crippen LogP contribution in [0, 0.1) is 5.41 Å². The highest BCUT2D eigenvalue weighted by molar-refractivity contribution is 6.10. The molecule has 0 aromatic heterocycles. The number of likely N-dealkylation sites (N-methyl/N-ethyl adjacent to an activating group) is 1. The highest BCUT2D eigenvalue weighted by atomic mass is 16.5. The Labute approximate surface area is 233 Å². The molecule has 9 heteroatoms. The Morgan fingerprint density at radius 3 is 2.36 bits per heavy atom. The number of nitrogens with zero attached hydrogens (tertiary/aromatic N) is 2. The van der Waals surface area contributed by atoms with Crippen LogP contribution in [-0.2, 0) is 6.54 Å². The number of aromatic hydroxyl groups is 1. The Balaban J connectivity index is 1.83. The van der Waals surface area contributed by atoms with E-state index in [1.165, 1.54) is 6.07 Å². The maximum absolute atomic E-state index is 10.9. The van der Waals surface area contributed by atoms with Crippen LogP contribution in [0.5, 0.6) is 11.5 Å². The Morgan fingerprint density at radius 2 is 1.82 bits per heavy atom. The van der Waals surface area contributed by atoms with Crippen molar-refractivity contribution in [1.82, 2.24) is 15.5 Å². The van der Waals surface area contributed by atoms with E-state index in [1.54, 1.807) is 18.1 Å². The first-order valence-corrected chi connectivity index (χ1v) is 14.1. The molecule has 0 aliphatic heterocycles. The van der Waals surface area contributed by atoms with Crippen LogP contribution in [-0.4, -0.2) is 72.2 Å². The summed E-state index contributed by atoms with van der Waals surface area (Å²) in [7, 11) is 1.56. The molecule has 9 nitrogen and oxygen atoms in total. The molecule has 0 bridgehead atoms. The Hall–Kier alpha value is -2.69. The number of aliphatic hydroxyl groups excluding tert-OH is 1. The summed E-state index contributed by atoms with van der Waals surface area (Å²) in [6.07, 6.45) is -0.00553. The molecule has 0 radical (unpaired) electrons. The van der Waals surface area contributed by atoms with Crippen LogP contribution in [0.15, 0.2) is 36.4 Å². The van der Waals surface area contributed by atoms with E-state index in [2.05, 4.69) is 36.3 Å². The van der Waals surface area contributed by atoms with Crippen molar-refractivity contribution in [3.63, 3.8) is 0 Å². The molecular formula is C30H48N6O3. The minimum absolute atomic E-state index is 0.000387. The maximum atomic E-state index is 10.9. The van der Waals surface area contributed by atoms with Crippen LogP contribution < -0.4 is 26.0 Å². The van der Waals surface area contributed by atoms with E-state index in [0.717, 1.165) is 50.1 Å². The quantitative estimate of drug-likeness (QED) is 0.0876. The Morgan fingerprint density at radius 1 is 1.15 bits per heavy atom. The molecule has 0 spiro atoms. The molecule has 7 N–H and O–H groups in total. The SMILES string of the molecule is CCN(CCNCc1ccc(N(C(=N)c2cc(C(C)C)c(OC)cc2O)C(N)C(O)NC2CC2)cc1)C(C)C. The van der Waals surface area contributed by atoms with E-state index in [0.29, 0.717) is 23.0 Å². The molecule has 2 aromatic rings. The normalized spacial score (nSPS) is 15.2. The fraction of sp³-hybridized carbons (Fsp3) is 0.567. The van der Waals surface area contributed by atoms with Gasteiger partial charge in [0.1, 0.15) is 29.7 Å². The number of hydrogen-bond acceptors (Lipinski definition) is 8. The summed E-state index contributed by atoms with van der Waals surface area (Å²) < 4.78 is 5.46. The second-order valence-corrected chi connectivity index (χ2v) is 10.9. The molecule has 0 heterocycles. The van der Waals surface area contributed by atoms with Crippen LogP contribution in [0.3, 0.4) is 0 Å². The van der Waals surface area contributed by atoms with E-state index >= 15 is 0 Å². The zero-order valence-corrected chi connectivity index (χ0v) is 24.4. The minimum Gasteiger partial charge on any atom is -0.507 e. The lowest BCUT2D eigenvalue weighted by atomic mass is 9.97. The van der Waals surface area contributed by atoms with Gasteiger partial charge in [-0.05, 0) is 68.5 Å². The Bertz CT molecular complexity index is 1070. The number of amidine groups is 1. The maximum Gasteiger partial charge on any atom is 0.139 e. The van der Waals surface area contributed by atoms with Crippen molar-refractivity contribution in [2.24, 2.45) is 5.73 Å². The standard InChI is InChI=1S/C30H48N6O3/c1-7-35(20(4)5)15-14-33-18-21-8-12-23(13-9-21)36(29(32)30(38)34-22-10-11-22)28(31)25-16-24(19(2)3)27(39-6)17-26(25)37/h8-9,12-13,16-17,19-20,22,29-31,33-34,37-38H,7,10-11,14-15,18,32H2,1-6H3. The Kier molecular flexibility index (Phi) is 11.1. The summed E-state index contributed by atoms with van der Waals surface area (Å²) >= 11 is 0. The lowest BCUT2D eigenvalue weighted by Crippen LogP contribution is -2.58. The second-order valence-electron chi connectivity index (χ2n) is 10.9. The van der Waals surface area contributed by atoms with Gasteiger partial charge < -0.3 is 30.9 Å². The zero-order chi connectivity index (χ0) is 28.7. The number of hydrogen-bond donors (Lipinski definition) is 6. The van der Waals surface area contributed by atoms with Gasteiger partial charge in [-0.2, -0.15) is 0 Å². The zero-order valence-electron chi connectivity index (χ0n) is 24.4. The van der Waals surface area contributed by atoms with Gasteiger partial charge >= 0.3 is 0 Å². The number of methoxy groups -OCH3 is 1. The molecule has 1 fully saturated rings. The van der Waals surface area contributed by atoms with Crippen molar-refractivity contribution in [1.29, 1.82) is 5.41 Å². The van der Waals surface area contributed by atoms with E-state index in [4.69, 9.17) is 15.9 Å². The summed E-state index contributed by atoms with van der Waals surface area (Å²) in [5.41, 5.74) is 9.53. The molecule has 0 saturated heterocycles. The van der Waals surface area contributed by atoms with Crippen molar-refractivity contribution in [3.05, 3.63) is 53.1 Å². The molecule has 39 heavy (non-hydrogen) atoms. The van der Waals surface area contributed by atoms with Crippen LogP contribution in [0.2, 0.25) is 0 Å². The van der Waals surface area contributed by atoms with Gasteiger partial charge in [-0.1, -0.05) is 32.9 Å². The van der Waals surface area contributed by atoms with Gasteiger partial charge in [0.25, 0.3) is 0 Å².